The summed E-state index contributed by atoms with van der Waals surface area (Å²) < 4.78 is 5.20. The van der Waals surface area contributed by atoms with Crippen LogP contribution in [0, 0.1) is 0 Å². The molecular weight excluding hydrogens is 254 g/mol. The van der Waals surface area contributed by atoms with E-state index in [0.717, 1.165) is 22.1 Å². The summed E-state index contributed by atoms with van der Waals surface area (Å²) >= 11 is 0. The topological polar surface area (TPSA) is 72.5 Å². The number of nitrogens with two attached hydrogens (primary N) is 1. The average molecular weight is 273 g/mol. The Hall–Kier alpha value is -2.07. The maximum absolute atomic E-state index is 10.5. The molecule has 0 aliphatic carbocycles. The lowest BCUT2D eigenvalue weighted by Crippen LogP contribution is -2.23. The zero-order valence-corrected chi connectivity index (χ0v) is 11.5. The Morgan fingerprint density at radius 2 is 1.95 bits per heavy atom. The second kappa shape index (κ2) is 6.39. The Morgan fingerprint density at radius 1 is 1.25 bits per heavy atom. The molecule has 0 bridgehead atoms. The summed E-state index contributed by atoms with van der Waals surface area (Å²) in [7, 11) is 1.65. The van der Waals surface area contributed by atoms with E-state index >= 15 is 0 Å². The summed E-state index contributed by atoms with van der Waals surface area (Å²) in [5, 5.41) is 10.9. The van der Waals surface area contributed by atoms with Crippen molar-refractivity contribution >= 4 is 16.7 Å². The number of hydrogen-bond donors (Lipinski definition) is 2. The predicted octanol–water partition coefficient (Wildman–Crippen LogP) is 2.58. The van der Waals surface area contributed by atoms with Crippen molar-refractivity contribution in [3.63, 3.8) is 0 Å². The molecule has 0 heterocycles. The van der Waals surface area contributed by atoms with Gasteiger partial charge in [0.1, 0.15) is 5.75 Å². The third-order valence-corrected chi connectivity index (χ3v) is 3.34. The highest BCUT2D eigenvalue weighted by Gasteiger charge is 2.07. The standard InChI is InChI=1S/C16H19NO3/c1-20-15-6-4-12-8-11(2-3-13(12)10-15)9-14(17)5-7-16(18)19/h2-4,6,8,10,14H,5,7,9,17H2,1H3,(H,18,19). The maximum Gasteiger partial charge on any atom is 0.303 e. The molecule has 0 fully saturated rings. The van der Waals surface area contributed by atoms with Crippen LogP contribution in [0.5, 0.6) is 5.75 Å². The van der Waals surface area contributed by atoms with Gasteiger partial charge < -0.3 is 15.6 Å². The number of benzene rings is 2. The lowest BCUT2D eigenvalue weighted by molar-refractivity contribution is -0.137. The highest BCUT2D eigenvalue weighted by Crippen LogP contribution is 2.22. The van der Waals surface area contributed by atoms with Crippen LogP contribution >= 0.6 is 0 Å². The Bertz CT molecular complexity index is 610. The number of rotatable bonds is 6. The molecule has 0 radical (unpaired) electrons. The minimum absolute atomic E-state index is 0.117. The molecule has 2 rings (SSSR count). The highest BCUT2D eigenvalue weighted by atomic mass is 16.5. The minimum Gasteiger partial charge on any atom is -0.497 e. The van der Waals surface area contributed by atoms with Crippen molar-refractivity contribution < 1.29 is 14.6 Å². The van der Waals surface area contributed by atoms with E-state index in [1.807, 2.05) is 30.3 Å². The van der Waals surface area contributed by atoms with E-state index in [1.54, 1.807) is 7.11 Å². The van der Waals surface area contributed by atoms with Gasteiger partial charge in [-0.1, -0.05) is 24.3 Å². The number of carbonyl (C=O) groups is 1. The number of hydrogen-bond acceptors (Lipinski definition) is 3. The molecule has 0 aliphatic heterocycles. The Kier molecular flexibility index (Phi) is 4.58. The SMILES string of the molecule is COc1ccc2cc(CC(N)CCC(=O)O)ccc2c1. The van der Waals surface area contributed by atoms with E-state index in [-0.39, 0.29) is 12.5 Å². The quantitative estimate of drug-likeness (QED) is 0.848. The first-order chi connectivity index (χ1) is 9.58. The molecule has 20 heavy (non-hydrogen) atoms. The first-order valence-electron chi connectivity index (χ1n) is 6.62. The van der Waals surface area contributed by atoms with Crippen molar-refractivity contribution in [2.45, 2.75) is 25.3 Å². The zero-order chi connectivity index (χ0) is 14.5. The third-order valence-electron chi connectivity index (χ3n) is 3.34. The first kappa shape index (κ1) is 14.3. The molecule has 0 saturated carbocycles. The Labute approximate surface area is 118 Å². The predicted molar refractivity (Wildman–Crippen MR) is 79.0 cm³/mol. The van der Waals surface area contributed by atoms with E-state index in [0.29, 0.717) is 12.8 Å². The van der Waals surface area contributed by atoms with Crippen LogP contribution < -0.4 is 10.5 Å². The molecule has 1 unspecified atom stereocenters. The number of methoxy groups -OCH3 is 1. The molecule has 0 saturated heterocycles. The summed E-state index contributed by atoms with van der Waals surface area (Å²) in [5.41, 5.74) is 7.09. The third kappa shape index (κ3) is 3.71. The minimum atomic E-state index is -0.800. The smallest absolute Gasteiger partial charge is 0.303 e. The van der Waals surface area contributed by atoms with Gasteiger partial charge >= 0.3 is 5.97 Å². The number of carboxylic acids is 1. The fourth-order valence-corrected chi connectivity index (χ4v) is 2.24. The molecular formula is C16H19NO3. The number of fused-ring (bicyclic) bond motifs is 1. The molecule has 0 aromatic heterocycles. The lowest BCUT2D eigenvalue weighted by Gasteiger charge is -2.11. The van der Waals surface area contributed by atoms with Gasteiger partial charge in [-0.2, -0.15) is 0 Å². The molecule has 2 aromatic carbocycles. The molecule has 0 amide bonds. The van der Waals surface area contributed by atoms with Crippen molar-refractivity contribution in [2.75, 3.05) is 7.11 Å². The van der Waals surface area contributed by atoms with Gasteiger partial charge in [0, 0.05) is 12.5 Å². The van der Waals surface area contributed by atoms with Gasteiger partial charge in [-0.25, -0.2) is 0 Å². The molecule has 106 valence electrons. The molecule has 4 heteroatoms. The fourth-order valence-electron chi connectivity index (χ4n) is 2.24. The largest absolute Gasteiger partial charge is 0.497 e. The summed E-state index contributed by atoms with van der Waals surface area (Å²) in [4.78, 5) is 10.5. The Balaban J connectivity index is 2.09. The second-order valence-electron chi connectivity index (χ2n) is 4.94. The molecule has 1 atom stereocenters. The molecule has 2 aromatic rings. The maximum atomic E-state index is 10.5. The Morgan fingerprint density at radius 3 is 2.65 bits per heavy atom. The summed E-state index contributed by atoms with van der Waals surface area (Å²) in [6, 6.07) is 12.0. The molecule has 0 aliphatic rings. The van der Waals surface area contributed by atoms with Crippen molar-refractivity contribution in [1.29, 1.82) is 0 Å². The number of aliphatic carboxylic acids is 1. The van der Waals surface area contributed by atoms with E-state index in [1.165, 1.54) is 0 Å². The van der Waals surface area contributed by atoms with Crippen LogP contribution in [0.2, 0.25) is 0 Å². The van der Waals surface area contributed by atoms with Crippen LogP contribution in [0.15, 0.2) is 36.4 Å². The van der Waals surface area contributed by atoms with Gasteiger partial charge in [0.25, 0.3) is 0 Å². The highest BCUT2D eigenvalue weighted by molar-refractivity contribution is 5.84. The first-order valence-corrected chi connectivity index (χ1v) is 6.62. The van der Waals surface area contributed by atoms with Crippen LogP contribution in [-0.2, 0) is 11.2 Å². The van der Waals surface area contributed by atoms with Gasteiger partial charge in [0.2, 0.25) is 0 Å². The summed E-state index contributed by atoms with van der Waals surface area (Å²) in [6.07, 6.45) is 1.30. The van der Waals surface area contributed by atoms with Crippen LogP contribution in [0.1, 0.15) is 18.4 Å². The number of carboxylic acid groups (broad SMARTS) is 1. The zero-order valence-electron chi connectivity index (χ0n) is 11.5. The van der Waals surface area contributed by atoms with Gasteiger partial charge in [-0.05, 0) is 41.3 Å². The summed E-state index contributed by atoms with van der Waals surface area (Å²) in [6.45, 7) is 0. The van der Waals surface area contributed by atoms with Crippen LogP contribution in [0.4, 0.5) is 0 Å². The molecule has 4 nitrogen and oxygen atoms in total. The monoisotopic (exact) mass is 273 g/mol. The van der Waals surface area contributed by atoms with Gasteiger partial charge in [0.05, 0.1) is 7.11 Å². The lowest BCUT2D eigenvalue weighted by atomic mass is 9.99. The van der Waals surface area contributed by atoms with Gasteiger partial charge in [-0.3, -0.25) is 4.79 Å². The van der Waals surface area contributed by atoms with Crippen molar-refractivity contribution in [1.82, 2.24) is 0 Å². The average Bonchev–Trinajstić information content (AvgIpc) is 2.44. The van der Waals surface area contributed by atoms with E-state index in [2.05, 4.69) is 6.07 Å². The molecule has 0 spiro atoms. The van der Waals surface area contributed by atoms with Gasteiger partial charge in [-0.15, -0.1) is 0 Å². The fraction of sp³-hybridized carbons (Fsp3) is 0.312. The normalized spacial score (nSPS) is 12.3. The van der Waals surface area contributed by atoms with E-state index < -0.39 is 5.97 Å². The summed E-state index contributed by atoms with van der Waals surface area (Å²) in [5.74, 6) is 0.0365. The van der Waals surface area contributed by atoms with Crippen molar-refractivity contribution in [3.05, 3.63) is 42.0 Å². The second-order valence-corrected chi connectivity index (χ2v) is 4.94. The van der Waals surface area contributed by atoms with Crippen LogP contribution in [-0.4, -0.2) is 24.2 Å². The van der Waals surface area contributed by atoms with Crippen LogP contribution in [0.3, 0.4) is 0 Å². The van der Waals surface area contributed by atoms with Crippen LogP contribution in [0.25, 0.3) is 10.8 Å². The van der Waals surface area contributed by atoms with Crippen molar-refractivity contribution in [2.24, 2.45) is 5.73 Å². The van der Waals surface area contributed by atoms with Crippen molar-refractivity contribution in [3.8, 4) is 5.75 Å². The van der Waals surface area contributed by atoms with E-state index in [9.17, 15) is 4.79 Å². The number of ether oxygens (including phenoxy) is 1. The van der Waals surface area contributed by atoms with E-state index in [4.69, 9.17) is 15.6 Å². The van der Waals surface area contributed by atoms with Gasteiger partial charge in [0.15, 0.2) is 0 Å². The molecule has 3 N–H and O–H groups in total.